The molecule has 0 bridgehead atoms. The average Bonchev–Trinajstić information content (AvgIpc) is 2.92. The van der Waals surface area contributed by atoms with Gasteiger partial charge in [0.25, 0.3) is 5.91 Å². The summed E-state index contributed by atoms with van der Waals surface area (Å²) in [5, 5.41) is 4.49. The van der Waals surface area contributed by atoms with Crippen molar-refractivity contribution in [2.24, 2.45) is 5.10 Å². The number of amides is 1. The van der Waals surface area contributed by atoms with Gasteiger partial charge in [-0.25, -0.2) is 13.8 Å². The summed E-state index contributed by atoms with van der Waals surface area (Å²) >= 11 is 6.22. The van der Waals surface area contributed by atoms with Crippen LogP contribution < -0.4 is 14.5 Å². The molecular formula is C29H26ClN3O4S. The summed E-state index contributed by atoms with van der Waals surface area (Å²) in [6.07, 6.45) is 2.66. The quantitative estimate of drug-likeness (QED) is 0.205. The van der Waals surface area contributed by atoms with E-state index in [2.05, 4.69) is 10.5 Å². The lowest BCUT2D eigenvalue weighted by atomic mass is 10.2. The van der Waals surface area contributed by atoms with Gasteiger partial charge in [-0.15, -0.1) is 0 Å². The number of hydrogen-bond acceptors (Lipinski definition) is 5. The van der Waals surface area contributed by atoms with Crippen LogP contribution in [-0.2, 0) is 23.2 Å². The molecule has 0 saturated carbocycles. The second kappa shape index (κ2) is 12.4. The van der Waals surface area contributed by atoms with Gasteiger partial charge in [-0.05, 0) is 71.3 Å². The summed E-state index contributed by atoms with van der Waals surface area (Å²) in [6, 6.07) is 30.5. The Kier molecular flexibility index (Phi) is 8.78. The normalized spacial score (nSPS) is 11.3. The predicted molar refractivity (Wildman–Crippen MR) is 151 cm³/mol. The van der Waals surface area contributed by atoms with E-state index >= 15 is 0 Å². The highest BCUT2D eigenvalue weighted by Crippen LogP contribution is 2.24. The van der Waals surface area contributed by atoms with E-state index in [1.54, 1.807) is 48.5 Å². The highest BCUT2D eigenvalue weighted by Gasteiger charge is 2.19. The smallest absolute Gasteiger partial charge is 0.271 e. The van der Waals surface area contributed by atoms with E-state index in [9.17, 15) is 13.2 Å². The van der Waals surface area contributed by atoms with E-state index in [1.165, 1.54) is 10.5 Å². The molecule has 0 fully saturated rings. The summed E-state index contributed by atoms with van der Waals surface area (Å²) in [4.78, 5) is 12.5. The fraction of sp³-hybridized carbons (Fsp3) is 0.103. The van der Waals surface area contributed by atoms with E-state index in [-0.39, 0.29) is 6.54 Å². The zero-order valence-electron chi connectivity index (χ0n) is 20.6. The van der Waals surface area contributed by atoms with Crippen LogP contribution >= 0.6 is 11.6 Å². The maximum atomic E-state index is 12.5. The van der Waals surface area contributed by atoms with Gasteiger partial charge in [0.2, 0.25) is 10.0 Å². The van der Waals surface area contributed by atoms with E-state index in [0.717, 1.165) is 23.1 Å². The van der Waals surface area contributed by atoms with Gasteiger partial charge in [0.15, 0.2) is 0 Å². The summed E-state index contributed by atoms with van der Waals surface area (Å²) in [7, 11) is -3.59. The standard InChI is InChI=1S/C29H26ClN3O4S/c1-38(35,36)33(20-25-9-5-6-10-28(25)30)26-15-13-24(14-16-26)29(34)32-31-19-22-11-17-27(18-12-22)37-21-23-7-3-2-4-8-23/h2-19H,20-21H2,1H3,(H,32,34)/b31-19+. The maximum Gasteiger partial charge on any atom is 0.271 e. The van der Waals surface area contributed by atoms with Crippen LogP contribution in [0, 0.1) is 0 Å². The monoisotopic (exact) mass is 547 g/mol. The molecule has 38 heavy (non-hydrogen) atoms. The van der Waals surface area contributed by atoms with Crippen LogP contribution in [0.25, 0.3) is 0 Å². The number of rotatable bonds is 10. The number of nitrogens with zero attached hydrogens (tertiary/aromatic N) is 2. The van der Waals surface area contributed by atoms with Crippen molar-refractivity contribution in [2.75, 3.05) is 10.6 Å². The molecule has 0 atom stereocenters. The van der Waals surface area contributed by atoms with E-state index < -0.39 is 15.9 Å². The molecule has 9 heteroatoms. The molecule has 0 radical (unpaired) electrons. The third kappa shape index (κ3) is 7.44. The molecule has 4 aromatic rings. The lowest BCUT2D eigenvalue weighted by molar-refractivity contribution is 0.0955. The third-order valence-electron chi connectivity index (χ3n) is 5.60. The Morgan fingerprint density at radius 3 is 2.24 bits per heavy atom. The van der Waals surface area contributed by atoms with Crippen LogP contribution in [-0.4, -0.2) is 26.8 Å². The molecule has 7 nitrogen and oxygen atoms in total. The first kappa shape index (κ1) is 26.9. The molecule has 0 saturated heterocycles. The lowest BCUT2D eigenvalue weighted by Gasteiger charge is -2.23. The van der Waals surface area contributed by atoms with Crippen molar-refractivity contribution >= 4 is 39.4 Å². The summed E-state index contributed by atoms with van der Waals surface area (Å²) < 4.78 is 31.9. The van der Waals surface area contributed by atoms with Crippen molar-refractivity contribution in [3.8, 4) is 5.75 Å². The van der Waals surface area contributed by atoms with E-state index in [4.69, 9.17) is 16.3 Å². The van der Waals surface area contributed by atoms with E-state index in [1.807, 2.05) is 54.6 Å². The van der Waals surface area contributed by atoms with Crippen molar-refractivity contribution in [1.29, 1.82) is 0 Å². The predicted octanol–water partition coefficient (Wildman–Crippen LogP) is 5.65. The number of halogens is 1. The molecule has 0 spiro atoms. The lowest BCUT2D eigenvalue weighted by Crippen LogP contribution is -2.29. The minimum Gasteiger partial charge on any atom is -0.489 e. The van der Waals surface area contributed by atoms with E-state index in [0.29, 0.717) is 28.4 Å². The maximum absolute atomic E-state index is 12.5. The summed E-state index contributed by atoms with van der Waals surface area (Å²) in [5.74, 6) is 0.306. The van der Waals surface area contributed by atoms with Crippen LogP contribution in [0.1, 0.15) is 27.0 Å². The first-order valence-corrected chi connectivity index (χ1v) is 13.9. The molecular weight excluding hydrogens is 522 g/mol. The Hall–Kier alpha value is -4.14. The zero-order chi connectivity index (χ0) is 27.0. The average molecular weight is 548 g/mol. The summed E-state index contributed by atoms with van der Waals surface area (Å²) in [6.45, 7) is 0.551. The molecule has 0 aliphatic carbocycles. The molecule has 0 heterocycles. The molecule has 4 rings (SSSR count). The molecule has 194 valence electrons. The minimum absolute atomic E-state index is 0.0738. The number of hydrogen-bond donors (Lipinski definition) is 1. The fourth-order valence-electron chi connectivity index (χ4n) is 3.58. The van der Waals surface area contributed by atoms with Gasteiger partial charge in [-0.2, -0.15) is 5.10 Å². The van der Waals surface area contributed by atoms with Gasteiger partial charge in [0, 0.05) is 10.6 Å². The van der Waals surface area contributed by atoms with Crippen LogP contribution in [0.3, 0.4) is 0 Å². The SMILES string of the molecule is CS(=O)(=O)N(Cc1ccccc1Cl)c1ccc(C(=O)N/N=C/c2ccc(OCc3ccccc3)cc2)cc1. The number of nitrogens with one attached hydrogen (secondary N) is 1. The van der Waals surface area contributed by atoms with Gasteiger partial charge in [0.1, 0.15) is 12.4 Å². The van der Waals surface area contributed by atoms with Gasteiger partial charge in [-0.3, -0.25) is 9.10 Å². The molecule has 1 N–H and O–H groups in total. The number of sulfonamides is 1. The fourth-order valence-corrected chi connectivity index (χ4v) is 4.66. The molecule has 0 aliphatic rings. The zero-order valence-corrected chi connectivity index (χ0v) is 22.2. The number of anilines is 1. The molecule has 0 aliphatic heterocycles. The van der Waals surface area contributed by atoms with Crippen LogP contribution in [0.4, 0.5) is 5.69 Å². The van der Waals surface area contributed by atoms with Crippen molar-refractivity contribution in [3.05, 3.63) is 130 Å². The number of hydrazone groups is 1. The Balaban J connectivity index is 1.34. The topological polar surface area (TPSA) is 88.1 Å². The Morgan fingerprint density at radius 2 is 1.58 bits per heavy atom. The highest BCUT2D eigenvalue weighted by atomic mass is 35.5. The first-order chi connectivity index (χ1) is 18.3. The number of ether oxygens (including phenoxy) is 1. The minimum atomic E-state index is -3.59. The highest BCUT2D eigenvalue weighted by molar-refractivity contribution is 7.92. The Labute approximate surface area is 227 Å². The van der Waals surface area contributed by atoms with Crippen LogP contribution in [0.2, 0.25) is 5.02 Å². The van der Waals surface area contributed by atoms with Crippen LogP contribution in [0.15, 0.2) is 108 Å². The molecule has 1 amide bonds. The number of carbonyl (C=O) groups excluding carboxylic acids is 1. The van der Waals surface area contributed by atoms with Crippen molar-refractivity contribution in [1.82, 2.24) is 5.43 Å². The van der Waals surface area contributed by atoms with Crippen molar-refractivity contribution < 1.29 is 17.9 Å². The van der Waals surface area contributed by atoms with Gasteiger partial charge in [0.05, 0.1) is 24.7 Å². The Bertz CT molecular complexity index is 1510. The number of benzene rings is 4. The molecule has 0 aromatic heterocycles. The van der Waals surface area contributed by atoms with Gasteiger partial charge >= 0.3 is 0 Å². The largest absolute Gasteiger partial charge is 0.489 e. The van der Waals surface area contributed by atoms with Crippen molar-refractivity contribution in [2.45, 2.75) is 13.2 Å². The summed E-state index contributed by atoms with van der Waals surface area (Å²) in [5.41, 5.74) is 5.78. The molecule has 0 unspecified atom stereocenters. The van der Waals surface area contributed by atoms with Crippen LogP contribution in [0.5, 0.6) is 5.75 Å². The van der Waals surface area contributed by atoms with Gasteiger partial charge < -0.3 is 4.74 Å². The van der Waals surface area contributed by atoms with Crippen molar-refractivity contribution in [3.63, 3.8) is 0 Å². The second-order valence-electron chi connectivity index (χ2n) is 8.45. The first-order valence-electron chi connectivity index (χ1n) is 11.7. The molecule has 4 aromatic carbocycles. The number of carbonyl (C=O) groups is 1. The third-order valence-corrected chi connectivity index (χ3v) is 7.11. The Morgan fingerprint density at radius 1 is 0.921 bits per heavy atom. The second-order valence-corrected chi connectivity index (χ2v) is 10.8. The van der Waals surface area contributed by atoms with Gasteiger partial charge in [-0.1, -0.05) is 60.1 Å².